The molecule has 1 aliphatic heterocycles. The predicted octanol–water partition coefficient (Wildman–Crippen LogP) is 2.47. The molecule has 1 aliphatic rings. The van der Waals surface area contributed by atoms with Gasteiger partial charge < -0.3 is 14.5 Å². The molecule has 0 unspecified atom stereocenters. The molecule has 0 spiro atoms. The number of hydrogen-bond donors (Lipinski definition) is 1. The van der Waals surface area contributed by atoms with Crippen molar-refractivity contribution in [2.45, 2.75) is 26.7 Å². The number of benzene rings is 1. The van der Waals surface area contributed by atoms with E-state index in [1.165, 1.54) is 0 Å². The number of H-pyrrole nitrogens is 1. The van der Waals surface area contributed by atoms with E-state index in [1.807, 2.05) is 25.1 Å². The van der Waals surface area contributed by atoms with Crippen molar-refractivity contribution in [1.82, 2.24) is 9.97 Å². The third-order valence-corrected chi connectivity index (χ3v) is 3.61. The Balaban J connectivity index is 2.07. The zero-order chi connectivity index (χ0) is 14.8. The van der Waals surface area contributed by atoms with Gasteiger partial charge in [0, 0.05) is 17.5 Å². The second-order valence-electron chi connectivity index (χ2n) is 5.05. The number of hydrogen-bond acceptors (Lipinski definition) is 4. The monoisotopic (exact) mass is 286 g/mol. The highest BCUT2D eigenvalue weighted by Gasteiger charge is 2.13. The van der Waals surface area contributed by atoms with E-state index in [9.17, 15) is 4.79 Å². The van der Waals surface area contributed by atoms with Gasteiger partial charge in [-0.2, -0.15) is 0 Å². The second-order valence-corrected chi connectivity index (χ2v) is 5.05. The van der Waals surface area contributed by atoms with Crippen LogP contribution in [0.5, 0.6) is 11.5 Å². The highest BCUT2D eigenvalue weighted by atomic mass is 16.5. The summed E-state index contributed by atoms with van der Waals surface area (Å²) in [5.41, 5.74) is 2.23. The molecule has 0 amide bonds. The Labute approximate surface area is 123 Å². The Bertz CT molecular complexity index is 722. The molecule has 5 nitrogen and oxygen atoms in total. The van der Waals surface area contributed by atoms with Crippen LogP contribution < -0.4 is 15.0 Å². The molecule has 0 atom stereocenters. The standard InChI is InChI=1S/C16H18N2O3/c1-3-12-10(2)16(19)18-15(17-12)11-5-6-13-14(9-11)21-8-4-7-20-13/h5-6,9H,3-4,7-8H2,1-2H3,(H,17,18,19). The quantitative estimate of drug-likeness (QED) is 0.921. The maximum absolute atomic E-state index is 12.0. The minimum atomic E-state index is -0.0936. The molecule has 2 aromatic rings. The van der Waals surface area contributed by atoms with Gasteiger partial charge in [0.1, 0.15) is 5.82 Å². The highest BCUT2D eigenvalue weighted by Crippen LogP contribution is 2.33. The smallest absolute Gasteiger partial charge is 0.254 e. The lowest BCUT2D eigenvalue weighted by Crippen LogP contribution is -2.15. The SMILES string of the molecule is CCc1nc(-c2ccc3c(c2)OCCCO3)[nH]c(=O)c1C. The summed E-state index contributed by atoms with van der Waals surface area (Å²) in [6.45, 7) is 5.08. The first-order chi connectivity index (χ1) is 10.2. The Morgan fingerprint density at radius 1 is 1.24 bits per heavy atom. The second kappa shape index (κ2) is 5.60. The lowest BCUT2D eigenvalue weighted by molar-refractivity contribution is 0.297. The fourth-order valence-electron chi connectivity index (χ4n) is 2.37. The van der Waals surface area contributed by atoms with Crippen LogP contribution in [0.15, 0.2) is 23.0 Å². The summed E-state index contributed by atoms with van der Waals surface area (Å²) in [5, 5.41) is 0. The molecule has 110 valence electrons. The molecule has 0 fully saturated rings. The number of rotatable bonds is 2. The van der Waals surface area contributed by atoms with Gasteiger partial charge in [-0.3, -0.25) is 4.79 Å². The predicted molar refractivity (Wildman–Crippen MR) is 80.0 cm³/mol. The lowest BCUT2D eigenvalue weighted by Gasteiger charge is -2.10. The molecule has 0 aliphatic carbocycles. The Hall–Kier alpha value is -2.30. The van der Waals surface area contributed by atoms with Crippen LogP contribution >= 0.6 is 0 Å². The molecule has 5 heteroatoms. The van der Waals surface area contributed by atoms with Gasteiger partial charge in [-0.05, 0) is 31.5 Å². The first-order valence-electron chi connectivity index (χ1n) is 7.19. The zero-order valence-electron chi connectivity index (χ0n) is 12.2. The zero-order valence-corrected chi connectivity index (χ0v) is 12.2. The summed E-state index contributed by atoms with van der Waals surface area (Å²) in [6.07, 6.45) is 1.59. The summed E-state index contributed by atoms with van der Waals surface area (Å²) in [6, 6.07) is 5.62. The molecular formula is C16H18N2O3. The number of aromatic amines is 1. The van der Waals surface area contributed by atoms with Crippen LogP contribution in [0.2, 0.25) is 0 Å². The molecule has 2 heterocycles. The molecule has 1 aromatic carbocycles. The van der Waals surface area contributed by atoms with Gasteiger partial charge in [-0.25, -0.2) is 4.98 Å². The van der Waals surface area contributed by atoms with E-state index in [0.717, 1.165) is 29.8 Å². The van der Waals surface area contributed by atoms with E-state index in [4.69, 9.17) is 9.47 Å². The summed E-state index contributed by atoms with van der Waals surface area (Å²) in [4.78, 5) is 19.4. The molecule has 0 saturated heterocycles. The van der Waals surface area contributed by atoms with Crippen LogP contribution in [0.3, 0.4) is 0 Å². The van der Waals surface area contributed by atoms with Crippen molar-refractivity contribution in [2.75, 3.05) is 13.2 Å². The summed E-state index contributed by atoms with van der Waals surface area (Å²) < 4.78 is 11.3. The average molecular weight is 286 g/mol. The minimum Gasteiger partial charge on any atom is -0.490 e. The van der Waals surface area contributed by atoms with Crippen molar-refractivity contribution in [3.63, 3.8) is 0 Å². The van der Waals surface area contributed by atoms with E-state index in [1.54, 1.807) is 6.92 Å². The normalized spacial score (nSPS) is 13.8. The van der Waals surface area contributed by atoms with E-state index in [2.05, 4.69) is 9.97 Å². The number of aromatic nitrogens is 2. The molecule has 1 aromatic heterocycles. The Kier molecular flexibility index (Phi) is 3.64. The van der Waals surface area contributed by atoms with Crippen molar-refractivity contribution < 1.29 is 9.47 Å². The van der Waals surface area contributed by atoms with Gasteiger partial charge in [-0.1, -0.05) is 6.92 Å². The summed E-state index contributed by atoms with van der Waals surface area (Å²) >= 11 is 0. The van der Waals surface area contributed by atoms with Crippen LogP contribution in [0.1, 0.15) is 24.6 Å². The Morgan fingerprint density at radius 2 is 2.00 bits per heavy atom. The van der Waals surface area contributed by atoms with E-state index < -0.39 is 0 Å². The number of aryl methyl sites for hydroxylation is 1. The molecule has 3 rings (SSSR count). The molecule has 0 saturated carbocycles. The van der Waals surface area contributed by atoms with Gasteiger partial charge in [0.25, 0.3) is 5.56 Å². The average Bonchev–Trinajstić information content (AvgIpc) is 2.74. The molecule has 1 N–H and O–H groups in total. The third-order valence-electron chi connectivity index (χ3n) is 3.61. The lowest BCUT2D eigenvalue weighted by atomic mass is 10.1. The van der Waals surface area contributed by atoms with Gasteiger partial charge >= 0.3 is 0 Å². The van der Waals surface area contributed by atoms with Gasteiger partial charge in [0.05, 0.1) is 18.9 Å². The van der Waals surface area contributed by atoms with Crippen molar-refractivity contribution in [1.29, 1.82) is 0 Å². The topological polar surface area (TPSA) is 64.2 Å². The maximum Gasteiger partial charge on any atom is 0.254 e. The summed E-state index contributed by atoms with van der Waals surface area (Å²) in [7, 11) is 0. The van der Waals surface area contributed by atoms with E-state index >= 15 is 0 Å². The number of nitrogens with zero attached hydrogens (tertiary/aromatic N) is 1. The van der Waals surface area contributed by atoms with Crippen molar-refractivity contribution >= 4 is 0 Å². The Morgan fingerprint density at radius 3 is 2.76 bits per heavy atom. The summed E-state index contributed by atoms with van der Waals surface area (Å²) in [5.74, 6) is 2.01. The fourth-order valence-corrected chi connectivity index (χ4v) is 2.37. The first-order valence-corrected chi connectivity index (χ1v) is 7.19. The minimum absolute atomic E-state index is 0.0936. The van der Waals surface area contributed by atoms with Crippen molar-refractivity contribution in [2.24, 2.45) is 0 Å². The van der Waals surface area contributed by atoms with Gasteiger partial charge in [-0.15, -0.1) is 0 Å². The van der Waals surface area contributed by atoms with Crippen molar-refractivity contribution in [3.8, 4) is 22.9 Å². The number of ether oxygens (including phenoxy) is 2. The van der Waals surface area contributed by atoms with Crippen LogP contribution in [-0.2, 0) is 6.42 Å². The molecular weight excluding hydrogens is 268 g/mol. The van der Waals surface area contributed by atoms with Crippen LogP contribution in [-0.4, -0.2) is 23.2 Å². The molecule has 0 radical (unpaired) electrons. The van der Waals surface area contributed by atoms with Gasteiger partial charge in [0.2, 0.25) is 0 Å². The largest absolute Gasteiger partial charge is 0.490 e. The van der Waals surface area contributed by atoms with Crippen LogP contribution in [0.4, 0.5) is 0 Å². The van der Waals surface area contributed by atoms with E-state index in [0.29, 0.717) is 30.4 Å². The maximum atomic E-state index is 12.0. The first kappa shape index (κ1) is 13.7. The number of fused-ring (bicyclic) bond motifs is 1. The fraction of sp³-hybridized carbons (Fsp3) is 0.375. The van der Waals surface area contributed by atoms with Crippen molar-refractivity contribution in [3.05, 3.63) is 39.8 Å². The van der Waals surface area contributed by atoms with E-state index in [-0.39, 0.29) is 5.56 Å². The van der Waals surface area contributed by atoms with Crippen LogP contribution in [0.25, 0.3) is 11.4 Å². The third kappa shape index (κ3) is 2.63. The number of nitrogens with one attached hydrogen (secondary N) is 1. The van der Waals surface area contributed by atoms with Crippen LogP contribution in [0, 0.1) is 6.92 Å². The molecule has 0 bridgehead atoms. The highest BCUT2D eigenvalue weighted by molar-refractivity contribution is 5.61. The van der Waals surface area contributed by atoms with Gasteiger partial charge in [0.15, 0.2) is 11.5 Å². The molecule has 21 heavy (non-hydrogen) atoms.